The van der Waals surface area contributed by atoms with Crippen LogP contribution in [0.15, 0.2) is 29.6 Å². The Morgan fingerprint density at radius 3 is 2.74 bits per heavy atom. The lowest BCUT2D eigenvalue weighted by atomic mass is 10.2. The average molecular weight is 279 g/mol. The van der Waals surface area contributed by atoms with Crippen molar-refractivity contribution >= 4 is 28.9 Å². The summed E-state index contributed by atoms with van der Waals surface area (Å²) in [6.07, 6.45) is 0. The minimum atomic E-state index is -1.10. The largest absolute Gasteiger partial charge is 0.477 e. The van der Waals surface area contributed by atoms with E-state index in [4.69, 9.17) is 5.11 Å². The van der Waals surface area contributed by atoms with Gasteiger partial charge in [-0.05, 0) is 36.1 Å². The van der Waals surface area contributed by atoms with E-state index >= 15 is 0 Å². The van der Waals surface area contributed by atoms with E-state index < -0.39 is 17.7 Å². The summed E-state index contributed by atoms with van der Waals surface area (Å²) in [4.78, 5) is 23.0. The molecule has 1 amide bonds. The van der Waals surface area contributed by atoms with Gasteiger partial charge in [0, 0.05) is 5.56 Å². The number of hydrogen-bond acceptors (Lipinski definition) is 3. The number of anilines is 1. The highest BCUT2D eigenvalue weighted by Gasteiger charge is 2.18. The van der Waals surface area contributed by atoms with Gasteiger partial charge in [-0.25, -0.2) is 9.18 Å². The number of carboxylic acid groups (broad SMARTS) is 1. The number of halogens is 1. The number of aryl methyl sites for hydroxylation is 1. The molecule has 1 heterocycles. The van der Waals surface area contributed by atoms with Gasteiger partial charge < -0.3 is 10.4 Å². The minimum absolute atomic E-state index is 0.0576. The van der Waals surface area contributed by atoms with Gasteiger partial charge in [0.1, 0.15) is 10.7 Å². The first-order valence-corrected chi connectivity index (χ1v) is 6.25. The van der Waals surface area contributed by atoms with Crippen molar-refractivity contribution in [2.24, 2.45) is 0 Å². The summed E-state index contributed by atoms with van der Waals surface area (Å²) >= 11 is 1.04. The lowest BCUT2D eigenvalue weighted by Crippen LogP contribution is -2.14. The Morgan fingerprint density at radius 2 is 2.11 bits per heavy atom. The van der Waals surface area contributed by atoms with Crippen molar-refractivity contribution in [2.75, 3.05) is 5.32 Å². The molecule has 0 spiro atoms. The second-order valence-corrected chi connectivity index (χ2v) is 4.77. The van der Waals surface area contributed by atoms with Crippen LogP contribution in [0.25, 0.3) is 0 Å². The fourth-order valence-electron chi connectivity index (χ4n) is 1.57. The van der Waals surface area contributed by atoms with Crippen molar-refractivity contribution in [2.45, 2.75) is 6.92 Å². The molecule has 6 heteroatoms. The number of hydrogen-bond donors (Lipinski definition) is 2. The van der Waals surface area contributed by atoms with Crippen molar-refractivity contribution in [1.82, 2.24) is 0 Å². The maximum absolute atomic E-state index is 13.0. The summed E-state index contributed by atoms with van der Waals surface area (Å²) < 4.78 is 13.0. The monoisotopic (exact) mass is 279 g/mol. The first-order chi connectivity index (χ1) is 8.99. The molecule has 98 valence electrons. The van der Waals surface area contributed by atoms with E-state index in [1.54, 1.807) is 12.3 Å². The van der Waals surface area contributed by atoms with Crippen LogP contribution in [0.1, 0.15) is 25.6 Å². The standard InChI is InChI=1S/C13H10FNO3S/c1-7-6-19-11(13(17)18)10(7)15-12(16)8-3-2-4-9(14)5-8/h2-6H,1H3,(H,15,16)(H,17,18). The zero-order valence-electron chi connectivity index (χ0n) is 9.94. The molecule has 2 aromatic rings. The third-order valence-electron chi connectivity index (χ3n) is 2.49. The van der Waals surface area contributed by atoms with E-state index in [0.29, 0.717) is 5.56 Å². The van der Waals surface area contributed by atoms with Crippen LogP contribution in [0.4, 0.5) is 10.1 Å². The maximum Gasteiger partial charge on any atom is 0.348 e. The van der Waals surface area contributed by atoms with Crippen molar-refractivity contribution < 1.29 is 19.1 Å². The summed E-state index contributed by atoms with van der Waals surface area (Å²) in [5, 5.41) is 13.2. The average Bonchev–Trinajstić information content (AvgIpc) is 2.71. The van der Waals surface area contributed by atoms with Gasteiger partial charge in [0.15, 0.2) is 0 Å². The molecule has 1 aromatic carbocycles. The number of benzene rings is 1. The van der Waals surface area contributed by atoms with Crippen LogP contribution in [0.5, 0.6) is 0 Å². The number of rotatable bonds is 3. The van der Waals surface area contributed by atoms with Gasteiger partial charge in [-0.15, -0.1) is 11.3 Å². The van der Waals surface area contributed by atoms with Gasteiger partial charge in [0.2, 0.25) is 0 Å². The fraction of sp³-hybridized carbons (Fsp3) is 0.0769. The molecule has 0 fully saturated rings. The Labute approximate surface area is 112 Å². The van der Waals surface area contributed by atoms with Crippen LogP contribution in [-0.2, 0) is 0 Å². The maximum atomic E-state index is 13.0. The Kier molecular flexibility index (Phi) is 3.62. The van der Waals surface area contributed by atoms with Crippen LogP contribution < -0.4 is 5.32 Å². The number of amides is 1. The minimum Gasteiger partial charge on any atom is -0.477 e. The van der Waals surface area contributed by atoms with Gasteiger partial charge >= 0.3 is 5.97 Å². The lowest BCUT2D eigenvalue weighted by Gasteiger charge is -2.06. The van der Waals surface area contributed by atoms with E-state index in [1.807, 2.05) is 0 Å². The molecule has 1 aromatic heterocycles. The van der Waals surface area contributed by atoms with Gasteiger partial charge in [-0.2, -0.15) is 0 Å². The molecule has 0 saturated heterocycles. The molecule has 0 radical (unpaired) electrons. The first-order valence-electron chi connectivity index (χ1n) is 5.37. The Balaban J connectivity index is 2.29. The second kappa shape index (κ2) is 5.19. The van der Waals surface area contributed by atoms with Crippen LogP contribution in [0, 0.1) is 12.7 Å². The number of nitrogens with one attached hydrogen (secondary N) is 1. The zero-order valence-corrected chi connectivity index (χ0v) is 10.8. The number of carboxylic acids is 1. The van der Waals surface area contributed by atoms with Gasteiger partial charge in [0.05, 0.1) is 5.69 Å². The molecule has 19 heavy (non-hydrogen) atoms. The normalized spacial score (nSPS) is 10.2. The van der Waals surface area contributed by atoms with Crippen molar-refractivity contribution in [3.05, 3.63) is 51.5 Å². The number of thiophene rings is 1. The summed E-state index contributed by atoms with van der Waals surface area (Å²) in [7, 11) is 0. The molecule has 4 nitrogen and oxygen atoms in total. The number of carbonyl (C=O) groups excluding carboxylic acids is 1. The highest BCUT2D eigenvalue weighted by molar-refractivity contribution is 7.12. The van der Waals surface area contributed by atoms with Crippen LogP contribution in [-0.4, -0.2) is 17.0 Å². The zero-order chi connectivity index (χ0) is 14.0. The van der Waals surface area contributed by atoms with Crippen LogP contribution in [0.3, 0.4) is 0 Å². The predicted octanol–water partition coefficient (Wildman–Crippen LogP) is 3.15. The smallest absolute Gasteiger partial charge is 0.348 e. The summed E-state index contributed by atoms with van der Waals surface area (Å²) in [5.41, 5.74) is 1.06. The number of aromatic carboxylic acids is 1. The molecule has 0 saturated carbocycles. The lowest BCUT2D eigenvalue weighted by molar-refractivity contribution is 0.0703. The summed E-state index contributed by atoms with van der Waals surface area (Å²) in [6.45, 7) is 1.70. The van der Waals surface area contributed by atoms with Crippen molar-refractivity contribution in [3.8, 4) is 0 Å². The molecule has 2 rings (SSSR count). The Morgan fingerprint density at radius 1 is 1.37 bits per heavy atom. The molecule has 0 atom stereocenters. The predicted molar refractivity (Wildman–Crippen MR) is 70.4 cm³/mol. The van der Waals surface area contributed by atoms with Crippen molar-refractivity contribution in [1.29, 1.82) is 0 Å². The van der Waals surface area contributed by atoms with E-state index in [9.17, 15) is 14.0 Å². The highest BCUT2D eigenvalue weighted by Crippen LogP contribution is 2.28. The first kappa shape index (κ1) is 13.2. The van der Waals surface area contributed by atoms with E-state index in [-0.39, 0.29) is 16.1 Å². The SMILES string of the molecule is Cc1csc(C(=O)O)c1NC(=O)c1cccc(F)c1. The molecular formula is C13H10FNO3S. The summed E-state index contributed by atoms with van der Waals surface area (Å²) in [5.74, 6) is -2.16. The molecule has 0 unspecified atom stereocenters. The highest BCUT2D eigenvalue weighted by atomic mass is 32.1. The molecular weight excluding hydrogens is 269 g/mol. The molecule has 2 N–H and O–H groups in total. The Hall–Kier alpha value is -2.21. The van der Waals surface area contributed by atoms with Gasteiger partial charge in [-0.1, -0.05) is 6.07 Å². The molecule has 0 aliphatic heterocycles. The third-order valence-corrected chi connectivity index (χ3v) is 3.58. The third kappa shape index (κ3) is 2.79. The van der Waals surface area contributed by atoms with E-state index in [2.05, 4.69) is 5.32 Å². The van der Waals surface area contributed by atoms with Gasteiger partial charge in [0.25, 0.3) is 5.91 Å². The fourth-order valence-corrected chi connectivity index (χ4v) is 2.42. The number of carbonyl (C=O) groups is 2. The van der Waals surface area contributed by atoms with E-state index in [1.165, 1.54) is 18.2 Å². The second-order valence-electron chi connectivity index (χ2n) is 3.89. The molecule has 0 aliphatic rings. The molecule has 0 aliphatic carbocycles. The van der Waals surface area contributed by atoms with Crippen LogP contribution >= 0.6 is 11.3 Å². The van der Waals surface area contributed by atoms with Crippen molar-refractivity contribution in [3.63, 3.8) is 0 Å². The quantitative estimate of drug-likeness (QED) is 0.907. The topological polar surface area (TPSA) is 66.4 Å². The summed E-state index contributed by atoms with van der Waals surface area (Å²) in [6, 6.07) is 5.20. The van der Waals surface area contributed by atoms with Crippen LogP contribution in [0.2, 0.25) is 0 Å². The van der Waals surface area contributed by atoms with E-state index in [0.717, 1.165) is 17.4 Å². The molecule has 0 bridgehead atoms. The van der Waals surface area contributed by atoms with Gasteiger partial charge in [-0.3, -0.25) is 4.79 Å². The Bertz CT molecular complexity index is 651.